The summed E-state index contributed by atoms with van der Waals surface area (Å²) in [6, 6.07) is 12.2. The summed E-state index contributed by atoms with van der Waals surface area (Å²) in [5, 5.41) is 0. The Morgan fingerprint density at radius 1 is 0.659 bits per heavy atom. The first-order valence-electron chi connectivity index (χ1n) is 14.9. The normalized spacial score (nSPS) is 13.1. The first-order chi connectivity index (χ1) is 18.6. The van der Waals surface area contributed by atoms with Crippen LogP contribution in [0.2, 0.25) is 0 Å². The lowest BCUT2D eigenvalue weighted by atomic mass is 9.82. The summed E-state index contributed by atoms with van der Waals surface area (Å²) >= 11 is 0. The number of ether oxygens (including phenoxy) is 2. The van der Waals surface area contributed by atoms with Gasteiger partial charge in [0, 0.05) is 0 Å². The molecule has 2 rings (SSSR count). The smallest absolute Gasteiger partial charge is 0.367 e. The molecule has 0 unspecified atom stereocenters. The zero-order valence-electron chi connectivity index (χ0n) is 28.3. The van der Waals surface area contributed by atoms with Gasteiger partial charge in [-0.3, -0.25) is 0 Å². The van der Waals surface area contributed by atoms with Crippen LogP contribution in [0.3, 0.4) is 0 Å². The predicted molar refractivity (Wildman–Crippen MR) is 169 cm³/mol. The fraction of sp³-hybridized carbons (Fsp3) is 0.600. The van der Waals surface area contributed by atoms with Gasteiger partial charge in [0.2, 0.25) is 0 Å². The van der Waals surface area contributed by atoms with Crippen molar-refractivity contribution in [3.8, 4) is 11.5 Å². The third-order valence-electron chi connectivity index (χ3n) is 9.40. The molecule has 0 aliphatic heterocycles. The molecular formula is C35H56N2O4+2. The molecule has 0 spiro atoms. The van der Waals surface area contributed by atoms with Gasteiger partial charge in [-0.15, -0.1) is 0 Å². The third kappa shape index (κ3) is 8.65. The van der Waals surface area contributed by atoms with Crippen molar-refractivity contribution in [3.05, 3.63) is 58.7 Å². The van der Waals surface area contributed by atoms with Crippen molar-refractivity contribution in [3.63, 3.8) is 0 Å². The van der Waals surface area contributed by atoms with Gasteiger partial charge >= 0.3 is 11.9 Å². The quantitative estimate of drug-likeness (QED) is 0.155. The van der Waals surface area contributed by atoms with Crippen LogP contribution in [-0.4, -0.2) is 73.3 Å². The second-order valence-electron chi connectivity index (χ2n) is 14.8. The third-order valence-corrected chi connectivity index (χ3v) is 9.40. The van der Waals surface area contributed by atoms with Crippen LogP contribution in [0.4, 0.5) is 0 Å². The highest BCUT2D eigenvalue weighted by Gasteiger charge is 2.49. The molecule has 0 aromatic heterocycles. The van der Waals surface area contributed by atoms with Crippen LogP contribution < -0.4 is 9.47 Å². The molecule has 0 bridgehead atoms. The van der Waals surface area contributed by atoms with Crippen molar-refractivity contribution in [2.45, 2.75) is 98.6 Å². The number of aryl methyl sites for hydroxylation is 2. The lowest BCUT2D eigenvalue weighted by Gasteiger charge is -2.51. The molecular weight excluding hydrogens is 512 g/mol. The Morgan fingerprint density at radius 2 is 0.976 bits per heavy atom. The Balaban J connectivity index is 2.14. The van der Waals surface area contributed by atoms with Gasteiger partial charge in [-0.1, -0.05) is 52.0 Å². The molecule has 2 aromatic rings. The molecule has 0 saturated carbocycles. The van der Waals surface area contributed by atoms with Crippen molar-refractivity contribution in [1.29, 1.82) is 0 Å². The number of carbonyl (C=O) groups is 2. The lowest BCUT2D eigenvalue weighted by Crippen LogP contribution is -2.66. The zero-order valence-corrected chi connectivity index (χ0v) is 28.3. The fourth-order valence-electron chi connectivity index (χ4n) is 5.04. The molecule has 0 N–H and O–H groups in total. The number of quaternary nitrogens is 2. The van der Waals surface area contributed by atoms with E-state index in [1.807, 2.05) is 38.1 Å². The summed E-state index contributed by atoms with van der Waals surface area (Å²) in [7, 11) is 8.31. The summed E-state index contributed by atoms with van der Waals surface area (Å²) in [6.45, 7) is 21.7. The molecule has 228 valence electrons. The summed E-state index contributed by atoms with van der Waals surface area (Å²) in [6.07, 6.45) is 0.768. The SMILES string of the molecule is Cc1ccc(C(C)C)cc1OC(=O)C[N+](C)(C)C(C)(C)CC(C)(C)[N+](C)(C)CC(=O)Oc1cc(C(C)C)ccc1C. The summed E-state index contributed by atoms with van der Waals surface area (Å²) in [4.78, 5) is 26.4. The van der Waals surface area contributed by atoms with Crippen LogP contribution in [-0.2, 0) is 9.59 Å². The summed E-state index contributed by atoms with van der Waals surface area (Å²) in [5.41, 5.74) is 3.61. The van der Waals surface area contributed by atoms with Gasteiger partial charge in [-0.05, 0) is 87.8 Å². The fourth-order valence-corrected chi connectivity index (χ4v) is 5.04. The highest BCUT2D eigenvalue weighted by atomic mass is 16.5. The molecule has 0 heterocycles. The average Bonchev–Trinajstić information content (AvgIpc) is 2.80. The van der Waals surface area contributed by atoms with E-state index < -0.39 is 0 Å². The second kappa shape index (κ2) is 12.7. The molecule has 0 fully saturated rings. The van der Waals surface area contributed by atoms with Gasteiger partial charge < -0.3 is 18.4 Å². The molecule has 6 heteroatoms. The first kappa shape index (κ1) is 34.5. The highest BCUT2D eigenvalue weighted by Crippen LogP contribution is 2.36. The van der Waals surface area contributed by atoms with Crippen molar-refractivity contribution in [1.82, 2.24) is 0 Å². The Bertz CT molecular complexity index is 1140. The van der Waals surface area contributed by atoms with Gasteiger partial charge in [0.15, 0.2) is 13.1 Å². The second-order valence-corrected chi connectivity index (χ2v) is 14.8. The van der Waals surface area contributed by atoms with Crippen LogP contribution in [0.25, 0.3) is 0 Å². The molecule has 0 saturated heterocycles. The number of benzene rings is 2. The number of nitrogens with zero attached hydrogens (tertiary/aromatic N) is 2. The number of likely N-dealkylation sites (N-methyl/N-ethyl adjacent to an activating group) is 2. The van der Waals surface area contributed by atoms with E-state index in [1.54, 1.807) is 0 Å². The minimum Gasteiger partial charge on any atom is -0.422 e. The topological polar surface area (TPSA) is 52.6 Å². The van der Waals surface area contributed by atoms with Gasteiger partial charge in [0.25, 0.3) is 0 Å². The van der Waals surface area contributed by atoms with Gasteiger partial charge in [0.1, 0.15) is 11.5 Å². The van der Waals surface area contributed by atoms with Gasteiger partial charge in [0.05, 0.1) is 45.7 Å². The predicted octanol–water partition coefficient (Wildman–Crippen LogP) is 7.16. The Morgan fingerprint density at radius 3 is 1.27 bits per heavy atom. The minimum atomic E-state index is -0.293. The Hall–Kier alpha value is -2.70. The van der Waals surface area contributed by atoms with E-state index >= 15 is 0 Å². The summed E-state index contributed by atoms with van der Waals surface area (Å²) in [5.74, 6) is 1.47. The van der Waals surface area contributed by atoms with Crippen LogP contribution in [0.1, 0.15) is 95.9 Å². The molecule has 0 atom stereocenters. The maximum absolute atomic E-state index is 13.2. The molecule has 2 aromatic carbocycles. The maximum atomic E-state index is 13.2. The minimum absolute atomic E-state index is 0.232. The van der Waals surface area contributed by atoms with Crippen LogP contribution in [0.15, 0.2) is 36.4 Å². The van der Waals surface area contributed by atoms with E-state index in [9.17, 15) is 9.59 Å². The van der Waals surface area contributed by atoms with Gasteiger partial charge in [-0.25, -0.2) is 9.59 Å². The first-order valence-corrected chi connectivity index (χ1v) is 14.9. The monoisotopic (exact) mass is 568 g/mol. The Labute approximate surface area is 249 Å². The van der Waals surface area contributed by atoms with E-state index in [0.717, 1.165) is 28.7 Å². The number of hydrogen-bond donors (Lipinski definition) is 0. The van der Waals surface area contributed by atoms with Crippen LogP contribution in [0, 0.1) is 13.8 Å². The molecule has 0 aliphatic rings. The maximum Gasteiger partial charge on any atom is 0.367 e. The lowest BCUT2D eigenvalue weighted by molar-refractivity contribution is -0.957. The summed E-state index contributed by atoms with van der Waals surface area (Å²) < 4.78 is 12.7. The van der Waals surface area contributed by atoms with E-state index in [-0.39, 0.29) is 36.1 Å². The van der Waals surface area contributed by atoms with Crippen molar-refractivity contribution < 1.29 is 28.0 Å². The molecule has 41 heavy (non-hydrogen) atoms. The standard InChI is InChI=1S/C35H56N2O4/c1-24(2)28-17-15-26(5)30(19-28)40-32(38)21-36(11,12)34(7,8)23-35(9,10)37(13,14)22-33(39)41-31-20-29(25(3)4)18-16-27(31)6/h15-20,24-25H,21-23H2,1-14H3/q+2. The number of hydrogen-bond acceptors (Lipinski definition) is 4. The molecule has 0 radical (unpaired) electrons. The Kier molecular flexibility index (Phi) is 10.7. The number of rotatable bonds is 12. The van der Waals surface area contributed by atoms with Crippen molar-refractivity contribution in [2.24, 2.45) is 0 Å². The van der Waals surface area contributed by atoms with Crippen molar-refractivity contribution >= 4 is 11.9 Å². The molecule has 0 aliphatic carbocycles. The van der Waals surface area contributed by atoms with E-state index in [4.69, 9.17) is 9.47 Å². The van der Waals surface area contributed by atoms with E-state index in [1.165, 1.54) is 0 Å². The van der Waals surface area contributed by atoms with Crippen LogP contribution in [0.5, 0.6) is 11.5 Å². The number of esters is 2. The molecule has 6 nitrogen and oxygen atoms in total. The largest absolute Gasteiger partial charge is 0.422 e. The van der Waals surface area contributed by atoms with E-state index in [0.29, 0.717) is 32.3 Å². The van der Waals surface area contributed by atoms with Gasteiger partial charge in [-0.2, -0.15) is 0 Å². The highest BCUT2D eigenvalue weighted by molar-refractivity contribution is 5.74. The molecule has 0 amide bonds. The van der Waals surface area contributed by atoms with Crippen LogP contribution >= 0.6 is 0 Å². The number of carbonyl (C=O) groups excluding carboxylic acids is 2. The zero-order chi connectivity index (χ0) is 31.6. The average molecular weight is 569 g/mol. The van der Waals surface area contributed by atoms with Crippen molar-refractivity contribution in [2.75, 3.05) is 41.3 Å². The van der Waals surface area contributed by atoms with E-state index in [2.05, 4.69) is 95.7 Å².